The number of halogens is 1. The normalized spacial score (nSPS) is 11.6. The van der Waals surface area contributed by atoms with E-state index in [-0.39, 0.29) is 0 Å². The van der Waals surface area contributed by atoms with E-state index in [9.17, 15) is 8.42 Å². The van der Waals surface area contributed by atoms with Crippen molar-refractivity contribution in [3.05, 3.63) is 77.4 Å². The number of rotatable bonds is 9. The molecule has 0 saturated heterocycles. The van der Waals surface area contributed by atoms with E-state index in [1.165, 1.54) is 6.26 Å². The van der Waals surface area contributed by atoms with E-state index in [1.807, 2.05) is 47.1 Å². The monoisotopic (exact) mass is 524 g/mol. The molecule has 4 aromatic rings. The van der Waals surface area contributed by atoms with Gasteiger partial charge in [-0.2, -0.15) is 10.4 Å². The van der Waals surface area contributed by atoms with Gasteiger partial charge in [0.2, 0.25) is 0 Å². The van der Waals surface area contributed by atoms with Crippen molar-refractivity contribution in [3.63, 3.8) is 0 Å². The molecule has 180 valence electrons. The minimum absolute atomic E-state index is 0.297. The molecule has 35 heavy (non-hydrogen) atoms. The highest BCUT2D eigenvalue weighted by Crippen LogP contribution is 2.37. The number of nitrogens with zero attached hydrogens (tertiary/aromatic N) is 4. The van der Waals surface area contributed by atoms with Crippen LogP contribution in [0.2, 0.25) is 5.02 Å². The second-order valence-electron chi connectivity index (χ2n) is 8.12. The first-order valence-electron chi connectivity index (χ1n) is 11.1. The summed E-state index contributed by atoms with van der Waals surface area (Å²) in [5.41, 5.74) is 3.42. The molecule has 9 heteroatoms. The quantitative estimate of drug-likeness (QED) is 0.266. The van der Waals surface area contributed by atoms with Crippen LogP contribution in [0, 0.1) is 11.3 Å². The third-order valence-electron chi connectivity index (χ3n) is 5.62. The van der Waals surface area contributed by atoms with Gasteiger partial charge >= 0.3 is 0 Å². The molecule has 0 N–H and O–H groups in total. The fourth-order valence-electron chi connectivity index (χ4n) is 3.79. The lowest BCUT2D eigenvalue weighted by Gasteiger charge is -2.17. The SMILES string of the molecule is CCN(CCC#N)Cc1cc(-c2ccc(-c3cccc(S(C)(=O)=O)c3)s2)n(-c2ccccc2Cl)n1. The van der Waals surface area contributed by atoms with Crippen LogP contribution < -0.4 is 0 Å². The van der Waals surface area contributed by atoms with Gasteiger partial charge in [0, 0.05) is 30.6 Å². The first-order valence-corrected chi connectivity index (χ1v) is 14.2. The summed E-state index contributed by atoms with van der Waals surface area (Å²) >= 11 is 8.10. The molecule has 0 spiro atoms. The Balaban J connectivity index is 1.75. The topological polar surface area (TPSA) is 79.0 Å². The van der Waals surface area contributed by atoms with E-state index in [4.69, 9.17) is 22.0 Å². The highest BCUT2D eigenvalue weighted by Gasteiger charge is 2.18. The lowest BCUT2D eigenvalue weighted by atomic mass is 10.2. The number of nitriles is 1. The summed E-state index contributed by atoms with van der Waals surface area (Å²) in [5.74, 6) is 0. The molecule has 2 aromatic carbocycles. The smallest absolute Gasteiger partial charge is 0.175 e. The van der Waals surface area contributed by atoms with Crippen molar-refractivity contribution in [1.29, 1.82) is 5.26 Å². The minimum atomic E-state index is -3.29. The van der Waals surface area contributed by atoms with Gasteiger partial charge in [-0.1, -0.05) is 42.8 Å². The Bertz CT molecular complexity index is 1490. The molecule has 0 atom stereocenters. The Hall–Kier alpha value is -2.96. The average molecular weight is 525 g/mol. The zero-order chi connectivity index (χ0) is 25.0. The minimum Gasteiger partial charge on any atom is -0.297 e. The zero-order valence-electron chi connectivity index (χ0n) is 19.5. The summed E-state index contributed by atoms with van der Waals surface area (Å²) < 4.78 is 25.9. The van der Waals surface area contributed by atoms with Gasteiger partial charge in [-0.25, -0.2) is 13.1 Å². The van der Waals surface area contributed by atoms with Gasteiger partial charge in [0.15, 0.2) is 9.84 Å². The van der Waals surface area contributed by atoms with E-state index in [1.54, 1.807) is 29.5 Å². The summed E-state index contributed by atoms with van der Waals surface area (Å²) in [6.07, 6.45) is 1.68. The molecule has 0 fully saturated rings. The van der Waals surface area contributed by atoms with Crippen molar-refractivity contribution in [3.8, 4) is 32.8 Å². The molecule has 6 nitrogen and oxygen atoms in total. The first kappa shape index (κ1) is 25.1. The van der Waals surface area contributed by atoms with Gasteiger partial charge < -0.3 is 0 Å². The van der Waals surface area contributed by atoms with Crippen LogP contribution in [-0.2, 0) is 16.4 Å². The number of para-hydroxylation sites is 1. The molecule has 4 rings (SSSR count). The average Bonchev–Trinajstić information content (AvgIpc) is 3.49. The fraction of sp³-hybridized carbons (Fsp3) is 0.231. The number of thiophene rings is 1. The van der Waals surface area contributed by atoms with Crippen molar-refractivity contribution in [2.24, 2.45) is 0 Å². The van der Waals surface area contributed by atoms with E-state index in [0.717, 1.165) is 38.9 Å². The van der Waals surface area contributed by atoms with Gasteiger partial charge in [0.05, 0.1) is 37.9 Å². The van der Waals surface area contributed by atoms with Gasteiger partial charge in [0.1, 0.15) is 0 Å². The highest BCUT2D eigenvalue weighted by molar-refractivity contribution is 7.90. The summed E-state index contributed by atoms with van der Waals surface area (Å²) in [6, 6.07) is 22.8. The molecular formula is C26H25ClN4O2S2. The number of hydrogen-bond acceptors (Lipinski definition) is 6. The zero-order valence-corrected chi connectivity index (χ0v) is 21.9. The van der Waals surface area contributed by atoms with E-state index in [2.05, 4.69) is 24.0 Å². The Morgan fingerprint density at radius 1 is 1.09 bits per heavy atom. The van der Waals surface area contributed by atoms with Crippen LogP contribution in [0.1, 0.15) is 19.0 Å². The lowest BCUT2D eigenvalue weighted by Crippen LogP contribution is -2.24. The maximum absolute atomic E-state index is 12.0. The van der Waals surface area contributed by atoms with Gasteiger partial charge in [-0.3, -0.25) is 4.90 Å². The highest BCUT2D eigenvalue weighted by atomic mass is 35.5. The second-order valence-corrected chi connectivity index (χ2v) is 11.6. The standard InChI is InChI=1S/C26H25ClN4O2S2/c1-3-30(15-7-14-28)18-20-17-24(31(29-20)23-11-5-4-10-22(23)27)26-13-12-25(34-26)19-8-6-9-21(16-19)35(2,32)33/h4-6,8-13,16-17H,3,7,15,18H2,1-2H3. The summed E-state index contributed by atoms with van der Waals surface area (Å²) in [6.45, 7) is 4.19. The van der Waals surface area contributed by atoms with Crippen molar-refractivity contribution in [2.75, 3.05) is 19.3 Å². The fourth-order valence-corrected chi connectivity index (χ4v) is 5.67. The third-order valence-corrected chi connectivity index (χ3v) is 8.21. The van der Waals surface area contributed by atoms with Crippen LogP contribution in [0.4, 0.5) is 0 Å². The lowest BCUT2D eigenvalue weighted by molar-refractivity contribution is 0.283. The van der Waals surface area contributed by atoms with Crippen molar-refractivity contribution >= 4 is 32.8 Å². The van der Waals surface area contributed by atoms with Crippen LogP contribution in [0.3, 0.4) is 0 Å². The van der Waals surface area contributed by atoms with E-state index in [0.29, 0.717) is 29.4 Å². The predicted octanol–water partition coefficient (Wildman–Crippen LogP) is 6.06. The molecule has 0 radical (unpaired) electrons. The number of hydrogen-bond donors (Lipinski definition) is 0. The maximum atomic E-state index is 12.0. The number of sulfone groups is 1. The molecule has 2 aromatic heterocycles. The molecule has 2 heterocycles. The second kappa shape index (κ2) is 10.8. The summed E-state index contributed by atoms with van der Waals surface area (Å²) in [5, 5.41) is 14.4. The van der Waals surface area contributed by atoms with Crippen LogP contribution in [0.5, 0.6) is 0 Å². The number of aromatic nitrogens is 2. The van der Waals surface area contributed by atoms with Crippen LogP contribution in [0.25, 0.3) is 26.7 Å². The van der Waals surface area contributed by atoms with Gasteiger partial charge in [0.25, 0.3) is 0 Å². The Morgan fingerprint density at radius 3 is 2.57 bits per heavy atom. The Kier molecular flexibility index (Phi) is 7.72. The van der Waals surface area contributed by atoms with E-state index >= 15 is 0 Å². The van der Waals surface area contributed by atoms with Crippen molar-refractivity contribution in [2.45, 2.75) is 24.8 Å². The van der Waals surface area contributed by atoms with Crippen molar-refractivity contribution in [1.82, 2.24) is 14.7 Å². The van der Waals surface area contributed by atoms with E-state index < -0.39 is 9.84 Å². The largest absolute Gasteiger partial charge is 0.297 e. The first-order chi connectivity index (χ1) is 16.8. The van der Waals surface area contributed by atoms with Gasteiger partial charge in [-0.15, -0.1) is 11.3 Å². The molecule has 0 amide bonds. The molecule has 0 aliphatic carbocycles. The molecule has 0 bridgehead atoms. The van der Waals surface area contributed by atoms with Crippen LogP contribution >= 0.6 is 22.9 Å². The van der Waals surface area contributed by atoms with Gasteiger partial charge in [-0.05, 0) is 54.6 Å². The molecule has 0 unspecified atom stereocenters. The Morgan fingerprint density at radius 2 is 1.86 bits per heavy atom. The summed E-state index contributed by atoms with van der Waals surface area (Å²) in [7, 11) is -3.29. The van der Waals surface area contributed by atoms with Crippen LogP contribution in [-0.4, -0.2) is 42.4 Å². The van der Waals surface area contributed by atoms with Crippen molar-refractivity contribution < 1.29 is 8.42 Å². The molecule has 0 saturated carbocycles. The summed E-state index contributed by atoms with van der Waals surface area (Å²) in [4.78, 5) is 4.43. The third kappa shape index (κ3) is 5.82. The number of benzene rings is 2. The molecule has 0 aliphatic rings. The Labute approximate surface area is 214 Å². The molecule has 0 aliphatic heterocycles. The maximum Gasteiger partial charge on any atom is 0.175 e. The predicted molar refractivity (Wildman–Crippen MR) is 142 cm³/mol. The van der Waals surface area contributed by atoms with Crippen LogP contribution in [0.15, 0.2) is 71.6 Å². The molecular weight excluding hydrogens is 500 g/mol.